The second-order valence-electron chi connectivity index (χ2n) is 5.46. The molecule has 0 aromatic carbocycles. The molecule has 0 saturated carbocycles. The fraction of sp³-hybridized carbons (Fsp3) is 1.00. The largest absolute Gasteiger partial charge is 0.396 e. The molecule has 90 valence electrons. The lowest BCUT2D eigenvalue weighted by Gasteiger charge is -2.35. The lowest BCUT2D eigenvalue weighted by Crippen LogP contribution is -2.35. The minimum absolute atomic E-state index is 0.110. The van der Waals surface area contributed by atoms with Gasteiger partial charge in [0.1, 0.15) is 0 Å². The van der Waals surface area contributed by atoms with Crippen LogP contribution >= 0.6 is 0 Å². The first-order valence-corrected chi connectivity index (χ1v) is 6.29. The molecule has 0 bridgehead atoms. The quantitative estimate of drug-likeness (QED) is 0.762. The van der Waals surface area contributed by atoms with Crippen LogP contribution in [0.1, 0.15) is 47.0 Å². The first-order valence-electron chi connectivity index (χ1n) is 6.29. The molecule has 2 heteroatoms. The maximum absolute atomic E-state index is 9.09. The van der Waals surface area contributed by atoms with Gasteiger partial charge in [0.25, 0.3) is 0 Å². The Morgan fingerprint density at radius 2 is 1.93 bits per heavy atom. The number of hydrogen-bond acceptors (Lipinski definition) is 2. The summed E-state index contributed by atoms with van der Waals surface area (Å²) in [6.45, 7) is 10.1. The van der Waals surface area contributed by atoms with Crippen LogP contribution in [0.25, 0.3) is 0 Å². The third kappa shape index (κ3) is 2.73. The number of hydrogen-bond donors (Lipinski definition) is 1. The van der Waals surface area contributed by atoms with Crippen LogP contribution in [0, 0.1) is 17.3 Å². The lowest BCUT2D eigenvalue weighted by atomic mass is 9.73. The summed E-state index contributed by atoms with van der Waals surface area (Å²) in [4.78, 5) is 0. The van der Waals surface area contributed by atoms with E-state index in [1.807, 2.05) is 0 Å². The van der Waals surface area contributed by atoms with Crippen LogP contribution in [0.4, 0.5) is 0 Å². The highest BCUT2D eigenvalue weighted by Gasteiger charge is 2.43. The van der Waals surface area contributed by atoms with E-state index in [0.29, 0.717) is 12.0 Å². The predicted molar refractivity (Wildman–Crippen MR) is 62.8 cm³/mol. The minimum atomic E-state index is 0.110. The summed E-state index contributed by atoms with van der Waals surface area (Å²) in [5.41, 5.74) is 0.110. The van der Waals surface area contributed by atoms with Crippen molar-refractivity contribution in [2.75, 3.05) is 13.2 Å². The molecule has 1 saturated heterocycles. The molecule has 0 radical (unpaired) electrons. The summed E-state index contributed by atoms with van der Waals surface area (Å²) in [6, 6.07) is 0. The van der Waals surface area contributed by atoms with Crippen LogP contribution in [0.3, 0.4) is 0 Å². The molecule has 1 N–H and O–H groups in total. The van der Waals surface area contributed by atoms with E-state index in [1.165, 1.54) is 12.8 Å². The average molecular weight is 214 g/mol. The summed E-state index contributed by atoms with van der Waals surface area (Å²) < 4.78 is 5.97. The van der Waals surface area contributed by atoms with Gasteiger partial charge in [-0.2, -0.15) is 0 Å². The lowest BCUT2D eigenvalue weighted by molar-refractivity contribution is -0.0149. The molecule has 2 nitrogen and oxygen atoms in total. The van der Waals surface area contributed by atoms with Crippen molar-refractivity contribution in [3.8, 4) is 0 Å². The van der Waals surface area contributed by atoms with E-state index in [4.69, 9.17) is 9.84 Å². The Hall–Kier alpha value is -0.0800. The smallest absolute Gasteiger partial charge is 0.0658 e. The van der Waals surface area contributed by atoms with Gasteiger partial charge in [-0.1, -0.05) is 40.5 Å². The third-order valence-corrected chi connectivity index (χ3v) is 4.01. The topological polar surface area (TPSA) is 29.5 Å². The van der Waals surface area contributed by atoms with Gasteiger partial charge in [-0.05, 0) is 23.7 Å². The van der Waals surface area contributed by atoms with Crippen molar-refractivity contribution >= 4 is 0 Å². The Balaban J connectivity index is 2.69. The predicted octanol–water partition coefficient (Wildman–Crippen LogP) is 2.85. The van der Waals surface area contributed by atoms with Gasteiger partial charge in [0.2, 0.25) is 0 Å². The fourth-order valence-corrected chi connectivity index (χ4v) is 2.93. The van der Waals surface area contributed by atoms with Crippen LogP contribution in [0.2, 0.25) is 0 Å². The van der Waals surface area contributed by atoms with Crippen LogP contribution in [-0.2, 0) is 4.74 Å². The van der Waals surface area contributed by atoms with Gasteiger partial charge in [0.05, 0.1) is 12.7 Å². The van der Waals surface area contributed by atoms with E-state index in [1.54, 1.807) is 0 Å². The van der Waals surface area contributed by atoms with Gasteiger partial charge in [-0.15, -0.1) is 0 Å². The molecule has 3 atom stereocenters. The second-order valence-corrected chi connectivity index (χ2v) is 5.46. The Kier molecular flexibility index (Phi) is 4.60. The van der Waals surface area contributed by atoms with E-state index in [2.05, 4.69) is 27.7 Å². The molecule has 1 aliphatic heterocycles. The molecule has 0 spiro atoms. The SMILES string of the molecule is CCC1COC(C(C)(C)CCO)C1CC. The zero-order chi connectivity index (χ0) is 11.5. The number of rotatable bonds is 5. The van der Waals surface area contributed by atoms with Gasteiger partial charge in [0, 0.05) is 6.61 Å². The van der Waals surface area contributed by atoms with Gasteiger partial charge in [0.15, 0.2) is 0 Å². The zero-order valence-corrected chi connectivity index (χ0v) is 10.6. The van der Waals surface area contributed by atoms with Gasteiger partial charge < -0.3 is 9.84 Å². The molecular formula is C13H26O2. The third-order valence-electron chi connectivity index (χ3n) is 4.01. The monoisotopic (exact) mass is 214 g/mol. The molecule has 0 amide bonds. The Labute approximate surface area is 94.0 Å². The van der Waals surface area contributed by atoms with Crippen LogP contribution in [-0.4, -0.2) is 24.4 Å². The molecule has 1 rings (SSSR count). The second kappa shape index (κ2) is 5.31. The number of aliphatic hydroxyl groups is 1. The molecule has 1 heterocycles. The van der Waals surface area contributed by atoms with E-state index < -0.39 is 0 Å². The van der Waals surface area contributed by atoms with Gasteiger partial charge in [-0.3, -0.25) is 0 Å². The molecule has 1 aliphatic rings. The molecule has 15 heavy (non-hydrogen) atoms. The van der Waals surface area contributed by atoms with Crippen molar-refractivity contribution in [1.29, 1.82) is 0 Å². The maximum atomic E-state index is 9.09. The average Bonchev–Trinajstić information content (AvgIpc) is 2.60. The molecular weight excluding hydrogens is 188 g/mol. The Bertz CT molecular complexity index is 189. The maximum Gasteiger partial charge on any atom is 0.0658 e. The highest BCUT2D eigenvalue weighted by atomic mass is 16.5. The fourth-order valence-electron chi connectivity index (χ4n) is 2.93. The molecule has 3 unspecified atom stereocenters. The van der Waals surface area contributed by atoms with E-state index >= 15 is 0 Å². The first kappa shape index (κ1) is 13.0. The van der Waals surface area contributed by atoms with E-state index in [-0.39, 0.29) is 12.0 Å². The van der Waals surface area contributed by atoms with Crippen LogP contribution in [0.5, 0.6) is 0 Å². The number of aliphatic hydroxyl groups excluding tert-OH is 1. The highest BCUT2D eigenvalue weighted by molar-refractivity contribution is 4.91. The summed E-state index contributed by atoms with van der Waals surface area (Å²) in [6.07, 6.45) is 3.58. The summed E-state index contributed by atoms with van der Waals surface area (Å²) >= 11 is 0. The Morgan fingerprint density at radius 3 is 2.40 bits per heavy atom. The van der Waals surface area contributed by atoms with Gasteiger partial charge >= 0.3 is 0 Å². The standard InChI is InChI=1S/C13H26O2/c1-5-10-9-15-12(11(10)6-2)13(3,4)7-8-14/h10-12,14H,5-9H2,1-4H3. The molecule has 1 fully saturated rings. The van der Waals surface area contributed by atoms with Crippen molar-refractivity contribution in [3.63, 3.8) is 0 Å². The van der Waals surface area contributed by atoms with Crippen LogP contribution in [0.15, 0.2) is 0 Å². The normalized spacial score (nSPS) is 32.2. The minimum Gasteiger partial charge on any atom is -0.396 e. The molecule has 0 aromatic rings. The highest BCUT2D eigenvalue weighted by Crippen LogP contribution is 2.42. The van der Waals surface area contributed by atoms with Crippen molar-refractivity contribution in [1.82, 2.24) is 0 Å². The van der Waals surface area contributed by atoms with Crippen molar-refractivity contribution < 1.29 is 9.84 Å². The van der Waals surface area contributed by atoms with E-state index in [0.717, 1.165) is 18.9 Å². The molecule has 0 aromatic heterocycles. The van der Waals surface area contributed by atoms with Gasteiger partial charge in [-0.25, -0.2) is 0 Å². The summed E-state index contributed by atoms with van der Waals surface area (Å²) in [7, 11) is 0. The summed E-state index contributed by atoms with van der Waals surface area (Å²) in [5.74, 6) is 1.40. The number of ether oxygens (including phenoxy) is 1. The summed E-state index contributed by atoms with van der Waals surface area (Å²) in [5, 5.41) is 9.09. The Morgan fingerprint density at radius 1 is 1.27 bits per heavy atom. The van der Waals surface area contributed by atoms with Crippen molar-refractivity contribution in [3.05, 3.63) is 0 Å². The zero-order valence-electron chi connectivity index (χ0n) is 10.6. The van der Waals surface area contributed by atoms with Crippen LogP contribution < -0.4 is 0 Å². The molecule has 0 aliphatic carbocycles. The van der Waals surface area contributed by atoms with E-state index in [9.17, 15) is 0 Å². The first-order chi connectivity index (χ1) is 7.06. The van der Waals surface area contributed by atoms with Crippen molar-refractivity contribution in [2.45, 2.75) is 53.1 Å². The van der Waals surface area contributed by atoms with Crippen molar-refractivity contribution in [2.24, 2.45) is 17.3 Å².